The van der Waals surface area contributed by atoms with E-state index in [1.54, 1.807) is 0 Å². The zero-order valence-electron chi connectivity index (χ0n) is 16.8. The summed E-state index contributed by atoms with van der Waals surface area (Å²) in [5.41, 5.74) is 3.59. The van der Waals surface area contributed by atoms with Crippen LogP contribution in [-0.2, 0) is 24.2 Å². The number of hydrogen-bond acceptors (Lipinski definition) is 4. The van der Waals surface area contributed by atoms with Crippen molar-refractivity contribution in [1.82, 2.24) is 4.98 Å². The number of aryl methyl sites for hydroxylation is 1. The number of aliphatic hydroxyl groups excluding tert-OH is 1. The third kappa shape index (κ3) is 5.16. The van der Waals surface area contributed by atoms with Crippen LogP contribution in [0.2, 0.25) is 18.1 Å². The van der Waals surface area contributed by atoms with Crippen molar-refractivity contribution < 1.29 is 14.3 Å². The first kappa shape index (κ1) is 20.6. The molecule has 0 spiro atoms. The fourth-order valence-electron chi connectivity index (χ4n) is 2.35. The number of ether oxygens (including phenoxy) is 1. The first-order chi connectivity index (χ1) is 12.1. The molecule has 0 unspecified atom stereocenters. The van der Waals surface area contributed by atoms with E-state index < -0.39 is 8.32 Å². The van der Waals surface area contributed by atoms with Crippen LogP contribution in [0.3, 0.4) is 0 Å². The summed E-state index contributed by atoms with van der Waals surface area (Å²) in [6.07, 6.45) is 0. The molecule has 1 N–H and O–H groups in total. The Kier molecular flexibility index (Phi) is 6.61. The molecular weight excluding hydrogens is 342 g/mol. The largest absolute Gasteiger partial charge is 0.473 e. The number of aliphatic hydroxyl groups is 1. The van der Waals surface area contributed by atoms with Gasteiger partial charge in [-0.2, -0.15) is 0 Å². The van der Waals surface area contributed by atoms with Gasteiger partial charge in [0.05, 0.1) is 13.2 Å². The van der Waals surface area contributed by atoms with E-state index in [9.17, 15) is 5.11 Å². The Hall–Kier alpha value is -1.69. The molecule has 0 amide bonds. The summed E-state index contributed by atoms with van der Waals surface area (Å²) in [7, 11) is -1.87. The van der Waals surface area contributed by atoms with Crippen molar-refractivity contribution in [2.75, 3.05) is 0 Å². The molecule has 5 heteroatoms. The quantitative estimate of drug-likeness (QED) is 0.695. The highest BCUT2D eigenvalue weighted by molar-refractivity contribution is 6.74. The number of aromatic nitrogens is 1. The SMILES string of the molecule is Cc1cc(CO[Si](C)(C)C(C)(C)C)c(CO)c(OCc2ccccc2)n1. The van der Waals surface area contributed by atoms with E-state index in [2.05, 4.69) is 38.8 Å². The van der Waals surface area contributed by atoms with Crippen LogP contribution >= 0.6 is 0 Å². The highest BCUT2D eigenvalue weighted by Crippen LogP contribution is 2.37. The van der Waals surface area contributed by atoms with E-state index in [4.69, 9.17) is 9.16 Å². The van der Waals surface area contributed by atoms with Crippen molar-refractivity contribution in [2.24, 2.45) is 0 Å². The molecule has 0 aliphatic carbocycles. The van der Waals surface area contributed by atoms with Crippen molar-refractivity contribution in [3.63, 3.8) is 0 Å². The first-order valence-electron chi connectivity index (χ1n) is 9.05. The van der Waals surface area contributed by atoms with Crippen LogP contribution in [0.4, 0.5) is 0 Å². The maximum atomic E-state index is 9.91. The topological polar surface area (TPSA) is 51.6 Å². The fraction of sp³-hybridized carbons (Fsp3) is 0.476. The van der Waals surface area contributed by atoms with E-state index in [1.165, 1.54) is 0 Å². The lowest BCUT2D eigenvalue weighted by molar-refractivity contribution is 0.239. The molecule has 2 rings (SSSR count). The molecule has 26 heavy (non-hydrogen) atoms. The van der Waals surface area contributed by atoms with E-state index in [0.29, 0.717) is 24.7 Å². The highest BCUT2D eigenvalue weighted by Gasteiger charge is 2.37. The van der Waals surface area contributed by atoms with Crippen molar-refractivity contribution in [3.8, 4) is 5.88 Å². The molecule has 1 aromatic heterocycles. The Labute approximate surface area is 158 Å². The molecule has 0 aliphatic heterocycles. The Morgan fingerprint density at radius 1 is 1.08 bits per heavy atom. The third-order valence-corrected chi connectivity index (χ3v) is 9.56. The standard InChI is InChI=1S/C21H31NO3Si/c1-16-12-18(15-25-26(5,6)21(2,3)4)19(13-23)20(22-16)24-14-17-10-8-7-9-11-17/h7-12,23H,13-15H2,1-6H3. The summed E-state index contributed by atoms with van der Waals surface area (Å²) < 4.78 is 12.3. The van der Waals surface area contributed by atoms with E-state index in [-0.39, 0.29) is 11.6 Å². The maximum absolute atomic E-state index is 9.91. The maximum Gasteiger partial charge on any atom is 0.219 e. The fourth-order valence-corrected chi connectivity index (χ4v) is 3.30. The van der Waals surface area contributed by atoms with E-state index in [0.717, 1.165) is 16.8 Å². The molecule has 0 saturated heterocycles. The number of rotatable bonds is 7. The van der Waals surface area contributed by atoms with Gasteiger partial charge in [0.1, 0.15) is 6.61 Å². The Bertz CT molecular complexity index is 724. The zero-order valence-corrected chi connectivity index (χ0v) is 17.8. The van der Waals surface area contributed by atoms with E-state index in [1.807, 2.05) is 43.3 Å². The predicted molar refractivity (Wildman–Crippen MR) is 108 cm³/mol. The van der Waals surface area contributed by atoms with Gasteiger partial charge in [0.25, 0.3) is 0 Å². The molecular formula is C21H31NO3Si. The average Bonchev–Trinajstić information content (AvgIpc) is 2.58. The summed E-state index contributed by atoms with van der Waals surface area (Å²) in [5, 5.41) is 10.1. The number of hydrogen-bond donors (Lipinski definition) is 1. The Morgan fingerprint density at radius 2 is 1.73 bits per heavy atom. The van der Waals surface area contributed by atoms with Gasteiger partial charge in [0.2, 0.25) is 5.88 Å². The van der Waals surface area contributed by atoms with Gasteiger partial charge >= 0.3 is 0 Å². The van der Waals surface area contributed by atoms with Gasteiger partial charge in [-0.15, -0.1) is 0 Å². The van der Waals surface area contributed by atoms with Gasteiger partial charge < -0.3 is 14.3 Å². The van der Waals surface area contributed by atoms with Crippen LogP contribution in [0.1, 0.15) is 43.2 Å². The number of benzene rings is 1. The van der Waals surface area contributed by atoms with Crippen LogP contribution in [0, 0.1) is 6.92 Å². The van der Waals surface area contributed by atoms with Crippen molar-refractivity contribution in [2.45, 2.75) is 65.6 Å². The molecule has 0 saturated carbocycles. The predicted octanol–water partition coefficient (Wildman–Crippen LogP) is 4.98. The van der Waals surface area contributed by atoms with Gasteiger partial charge in [-0.1, -0.05) is 51.1 Å². The second-order valence-electron chi connectivity index (χ2n) is 8.19. The molecule has 0 fully saturated rings. The summed E-state index contributed by atoms with van der Waals surface area (Å²) in [4.78, 5) is 4.49. The second kappa shape index (κ2) is 8.33. The summed E-state index contributed by atoms with van der Waals surface area (Å²) in [5.74, 6) is 0.491. The zero-order chi connectivity index (χ0) is 19.4. The van der Waals surface area contributed by atoms with E-state index >= 15 is 0 Å². The number of pyridine rings is 1. The highest BCUT2D eigenvalue weighted by atomic mass is 28.4. The first-order valence-corrected chi connectivity index (χ1v) is 12.0. The van der Waals surface area contributed by atoms with Crippen LogP contribution in [0.15, 0.2) is 36.4 Å². The molecule has 2 aromatic rings. The summed E-state index contributed by atoms with van der Waals surface area (Å²) >= 11 is 0. The molecule has 0 atom stereocenters. The lowest BCUT2D eigenvalue weighted by atomic mass is 10.1. The second-order valence-corrected chi connectivity index (χ2v) is 13.0. The normalized spacial score (nSPS) is 12.3. The molecule has 1 heterocycles. The lowest BCUT2D eigenvalue weighted by Crippen LogP contribution is -2.40. The molecule has 4 nitrogen and oxygen atoms in total. The Morgan fingerprint density at radius 3 is 2.31 bits per heavy atom. The minimum atomic E-state index is -1.87. The van der Waals surface area contributed by atoms with Gasteiger partial charge in [-0.3, -0.25) is 0 Å². The average molecular weight is 374 g/mol. The van der Waals surface area contributed by atoms with Crippen molar-refractivity contribution in [3.05, 3.63) is 58.8 Å². The molecule has 1 aromatic carbocycles. The Balaban J connectivity index is 2.20. The molecule has 0 radical (unpaired) electrons. The van der Waals surface area contributed by atoms with Gasteiger partial charge in [-0.25, -0.2) is 4.98 Å². The summed E-state index contributed by atoms with van der Waals surface area (Å²) in [6, 6.07) is 11.9. The monoisotopic (exact) mass is 373 g/mol. The smallest absolute Gasteiger partial charge is 0.219 e. The lowest BCUT2D eigenvalue weighted by Gasteiger charge is -2.36. The van der Waals surface area contributed by atoms with Crippen LogP contribution in [-0.4, -0.2) is 18.4 Å². The molecule has 0 aliphatic rings. The van der Waals surface area contributed by atoms with Crippen molar-refractivity contribution >= 4 is 8.32 Å². The van der Waals surface area contributed by atoms with Crippen LogP contribution in [0.5, 0.6) is 5.88 Å². The minimum absolute atomic E-state index is 0.117. The van der Waals surface area contributed by atoms with Crippen LogP contribution < -0.4 is 4.74 Å². The van der Waals surface area contributed by atoms with Gasteiger partial charge in [-0.05, 0) is 42.2 Å². The molecule has 0 bridgehead atoms. The summed E-state index contributed by atoms with van der Waals surface area (Å²) in [6.45, 7) is 13.8. The van der Waals surface area contributed by atoms with Gasteiger partial charge in [0.15, 0.2) is 8.32 Å². The molecule has 142 valence electrons. The van der Waals surface area contributed by atoms with Gasteiger partial charge in [0, 0.05) is 11.3 Å². The van der Waals surface area contributed by atoms with Crippen LogP contribution in [0.25, 0.3) is 0 Å². The third-order valence-electron chi connectivity index (χ3n) is 5.08. The number of nitrogens with zero attached hydrogens (tertiary/aromatic N) is 1. The minimum Gasteiger partial charge on any atom is -0.473 e. The van der Waals surface area contributed by atoms with Crippen molar-refractivity contribution in [1.29, 1.82) is 0 Å².